The molecule has 100 valence electrons. The molecule has 0 N–H and O–H groups in total. The maximum absolute atomic E-state index is 4.37. The second-order valence-corrected chi connectivity index (χ2v) is 4.63. The van der Waals surface area contributed by atoms with Crippen LogP contribution in [0.15, 0.2) is 61.2 Å². The Bertz CT molecular complexity index is 814. The Labute approximate surface area is 123 Å². The van der Waals surface area contributed by atoms with E-state index in [1.165, 1.54) is 0 Å². The number of rotatable bonds is 1. The zero-order valence-corrected chi connectivity index (χ0v) is 11.6. The molecule has 0 radical (unpaired) electrons. The minimum atomic E-state index is 0.834. The Morgan fingerprint density at radius 3 is 2.10 bits per heavy atom. The van der Waals surface area contributed by atoms with Crippen molar-refractivity contribution in [1.29, 1.82) is 0 Å². The van der Waals surface area contributed by atoms with E-state index < -0.39 is 0 Å². The standard InChI is InChI=1S/C18H13N3/c1-14-4-10-20-17(12-14)18-13-16(7-11-21-18)3-2-15-5-8-19-9-6-15/h4-13H,1H3. The third-order valence-electron chi connectivity index (χ3n) is 2.97. The highest BCUT2D eigenvalue weighted by Gasteiger charge is 2.01. The molecular weight excluding hydrogens is 258 g/mol. The van der Waals surface area contributed by atoms with Crippen LogP contribution in [0.1, 0.15) is 16.7 Å². The number of pyridine rings is 3. The topological polar surface area (TPSA) is 38.7 Å². The number of hydrogen-bond acceptors (Lipinski definition) is 3. The van der Waals surface area contributed by atoms with Crippen molar-refractivity contribution in [2.75, 3.05) is 0 Å². The normalized spacial score (nSPS) is 9.76. The van der Waals surface area contributed by atoms with Gasteiger partial charge in [-0.1, -0.05) is 11.8 Å². The average Bonchev–Trinajstić information content (AvgIpc) is 2.54. The van der Waals surface area contributed by atoms with Gasteiger partial charge in [0.1, 0.15) is 0 Å². The Morgan fingerprint density at radius 1 is 0.714 bits per heavy atom. The van der Waals surface area contributed by atoms with Gasteiger partial charge in [-0.15, -0.1) is 0 Å². The number of nitrogens with zero attached hydrogens (tertiary/aromatic N) is 3. The number of aromatic nitrogens is 3. The molecule has 3 heterocycles. The highest BCUT2D eigenvalue weighted by molar-refractivity contribution is 5.57. The van der Waals surface area contributed by atoms with Crippen molar-refractivity contribution >= 4 is 0 Å². The van der Waals surface area contributed by atoms with Crippen molar-refractivity contribution in [2.24, 2.45) is 0 Å². The van der Waals surface area contributed by atoms with Crippen LogP contribution in [0.5, 0.6) is 0 Å². The molecule has 0 aliphatic rings. The van der Waals surface area contributed by atoms with Crippen molar-refractivity contribution in [3.63, 3.8) is 0 Å². The summed E-state index contributed by atoms with van der Waals surface area (Å²) in [5.74, 6) is 6.25. The minimum Gasteiger partial charge on any atom is -0.265 e. The van der Waals surface area contributed by atoms with Crippen LogP contribution in [0.4, 0.5) is 0 Å². The summed E-state index contributed by atoms with van der Waals surface area (Å²) in [6.07, 6.45) is 7.02. The number of aryl methyl sites for hydroxylation is 1. The molecule has 0 aliphatic carbocycles. The largest absolute Gasteiger partial charge is 0.265 e. The summed E-state index contributed by atoms with van der Waals surface area (Å²) in [6.45, 7) is 2.04. The first-order chi connectivity index (χ1) is 10.3. The van der Waals surface area contributed by atoms with Gasteiger partial charge in [-0.3, -0.25) is 15.0 Å². The lowest BCUT2D eigenvalue weighted by atomic mass is 10.1. The maximum Gasteiger partial charge on any atom is 0.0898 e. The van der Waals surface area contributed by atoms with Crippen LogP contribution in [-0.2, 0) is 0 Å². The Balaban J connectivity index is 1.93. The first kappa shape index (κ1) is 13.0. The fraction of sp³-hybridized carbons (Fsp3) is 0.0556. The van der Waals surface area contributed by atoms with E-state index in [1.807, 2.05) is 43.3 Å². The van der Waals surface area contributed by atoms with Gasteiger partial charge in [0.2, 0.25) is 0 Å². The lowest BCUT2D eigenvalue weighted by molar-refractivity contribution is 1.22. The molecule has 21 heavy (non-hydrogen) atoms. The summed E-state index contributed by atoms with van der Waals surface area (Å²) < 4.78 is 0. The van der Waals surface area contributed by atoms with Gasteiger partial charge in [-0.05, 0) is 48.9 Å². The van der Waals surface area contributed by atoms with E-state index in [0.717, 1.165) is 28.1 Å². The minimum absolute atomic E-state index is 0.834. The van der Waals surface area contributed by atoms with Crippen LogP contribution in [0, 0.1) is 18.8 Å². The van der Waals surface area contributed by atoms with E-state index in [0.29, 0.717) is 0 Å². The Hall–Kier alpha value is -2.99. The predicted molar refractivity (Wildman–Crippen MR) is 82.4 cm³/mol. The summed E-state index contributed by atoms with van der Waals surface area (Å²) >= 11 is 0. The van der Waals surface area contributed by atoms with Crippen molar-refractivity contribution in [1.82, 2.24) is 15.0 Å². The Morgan fingerprint density at radius 2 is 1.33 bits per heavy atom. The van der Waals surface area contributed by atoms with Gasteiger partial charge in [-0.2, -0.15) is 0 Å². The van der Waals surface area contributed by atoms with Crippen molar-refractivity contribution in [3.8, 4) is 23.2 Å². The molecule has 0 aromatic carbocycles. The third kappa shape index (κ3) is 3.31. The van der Waals surface area contributed by atoms with Gasteiger partial charge >= 0.3 is 0 Å². The molecule has 0 saturated heterocycles. The molecule has 0 spiro atoms. The number of hydrogen-bond donors (Lipinski definition) is 0. The molecule has 3 heteroatoms. The zero-order chi connectivity index (χ0) is 14.5. The molecule has 0 atom stereocenters. The van der Waals surface area contributed by atoms with Gasteiger partial charge in [0.15, 0.2) is 0 Å². The van der Waals surface area contributed by atoms with Crippen molar-refractivity contribution in [3.05, 3.63) is 77.9 Å². The molecule has 0 amide bonds. The second kappa shape index (κ2) is 5.98. The van der Waals surface area contributed by atoms with Crippen molar-refractivity contribution < 1.29 is 0 Å². The molecule has 0 bridgehead atoms. The van der Waals surface area contributed by atoms with Crippen LogP contribution in [0.25, 0.3) is 11.4 Å². The molecule has 3 rings (SSSR count). The molecule has 0 unspecified atom stereocenters. The molecule has 3 aromatic rings. The van der Waals surface area contributed by atoms with E-state index in [-0.39, 0.29) is 0 Å². The summed E-state index contributed by atoms with van der Waals surface area (Å²) in [5.41, 5.74) is 4.72. The van der Waals surface area contributed by atoms with Gasteiger partial charge in [0, 0.05) is 35.9 Å². The summed E-state index contributed by atoms with van der Waals surface area (Å²) in [5, 5.41) is 0. The monoisotopic (exact) mass is 271 g/mol. The maximum atomic E-state index is 4.37. The Kier molecular flexibility index (Phi) is 3.70. The molecule has 3 aromatic heterocycles. The SMILES string of the molecule is Cc1ccnc(-c2cc(C#Cc3ccncc3)ccn2)c1. The van der Waals surface area contributed by atoms with E-state index in [9.17, 15) is 0 Å². The quantitative estimate of drug-likeness (QED) is 0.638. The molecule has 3 nitrogen and oxygen atoms in total. The highest BCUT2D eigenvalue weighted by atomic mass is 14.8. The summed E-state index contributed by atoms with van der Waals surface area (Å²) in [6, 6.07) is 11.6. The van der Waals surface area contributed by atoms with Crippen LogP contribution in [0.2, 0.25) is 0 Å². The van der Waals surface area contributed by atoms with E-state index in [4.69, 9.17) is 0 Å². The van der Waals surface area contributed by atoms with Crippen molar-refractivity contribution in [2.45, 2.75) is 6.92 Å². The van der Waals surface area contributed by atoms with E-state index in [2.05, 4.69) is 26.8 Å². The lowest BCUT2D eigenvalue weighted by Gasteiger charge is -2.01. The summed E-state index contributed by atoms with van der Waals surface area (Å²) in [4.78, 5) is 12.7. The predicted octanol–water partition coefficient (Wildman–Crippen LogP) is 3.25. The summed E-state index contributed by atoms with van der Waals surface area (Å²) in [7, 11) is 0. The first-order valence-corrected chi connectivity index (χ1v) is 6.62. The molecule has 0 saturated carbocycles. The fourth-order valence-electron chi connectivity index (χ4n) is 1.90. The van der Waals surface area contributed by atoms with E-state index >= 15 is 0 Å². The van der Waals surface area contributed by atoms with Gasteiger partial charge in [0.25, 0.3) is 0 Å². The van der Waals surface area contributed by atoms with Gasteiger partial charge in [0.05, 0.1) is 11.4 Å². The zero-order valence-electron chi connectivity index (χ0n) is 11.6. The second-order valence-electron chi connectivity index (χ2n) is 4.63. The van der Waals surface area contributed by atoms with E-state index in [1.54, 1.807) is 24.8 Å². The highest BCUT2D eigenvalue weighted by Crippen LogP contribution is 2.16. The fourth-order valence-corrected chi connectivity index (χ4v) is 1.90. The first-order valence-electron chi connectivity index (χ1n) is 6.62. The van der Waals surface area contributed by atoms with Crippen LogP contribution >= 0.6 is 0 Å². The third-order valence-corrected chi connectivity index (χ3v) is 2.97. The molecule has 0 fully saturated rings. The lowest BCUT2D eigenvalue weighted by Crippen LogP contribution is -1.89. The van der Waals surface area contributed by atoms with Crippen LogP contribution in [0.3, 0.4) is 0 Å². The van der Waals surface area contributed by atoms with Crippen LogP contribution in [-0.4, -0.2) is 15.0 Å². The molecule has 0 aliphatic heterocycles. The molecular formula is C18H13N3. The van der Waals surface area contributed by atoms with Gasteiger partial charge < -0.3 is 0 Å². The van der Waals surface area contributed by atoms with Crippen LogP contribution < -0.4 is 0 Å². The smallest absolute Gasteiger partial charge is 0.0898 e. The average molecular weight is 271 g/mol. The van der Waals surface area contributed by atoms with Gasteiger partial charge in [-0.25, -0.2) is 0 Å².